The van der Waals surface area contributed by atoms with Crippen LogP contribution in [0.1, 0.15) is 40.0 Å². The van der Waals surface area contributed by atoms with Crippen LogP contribution in [0.5, 0.6) is 0 Å². The Morgan fingerprint density at radius 3 is 2.36 bits per heavy atom. The SMILES string of the molecule is C/C=C\C=C/CCCC(NCC(=O)N(C)O)P(C)(C)=O.CC. The number of allylic oxidation sites excluding steroid dienone is 4. The van der Waals surface area contributed by atoms with E-state index in [4.69, 9.17) is 5.21 Å². The molecule has 0 aliphatic rings. The number of hydrogen-bond donors (Lipinski definition) is 2. The van der Waals surface area contributed by atoms with E-state index in [1.54, 1.807) is 13.3 Å². The first-order valence-corrected chi connectivity index (χ1v) is 10.5. The summed E-state index contributed by atoms with van der Waals surface area (Å²) < 4.78 is 12.2. The molecule has 1 unspecified atom stereocenters. The second-order valence-corrected chi connectivity index (χ2v) is 8.62. The Bertz CT molecular complexity index is 387. The first-order valence-electron chi connectivity index (χ1n) is 7.80. The number of likely N-dealkylation sites (N-methyl/N-ethyl adjacent to an activating group) is 1. The Hall–Kier alpha value is -0.900. The Balaban J connectivity index is 0. The van der Waals surface area contributed by atoms with Crippen molar-refractivity contribution in [1.29, 1.82) is 0 Å². The van der Waals surface area contributed by atoms with Crippen molar-refractivity contribution in [1.82, 2.24) is 10.4 Å². The highest BCUT2D eigenvalue weighted by Gasteiger charge is 2.23. The van der Waals surface area contributed by atoms with Crippen molar-refractivity contribution in [2.24, 2.45) is 0 Å². The highest BCUT2D eigenvalue weighted by atomic mass is 31.2. The zero-order valence-electron chi connectivity index (χ0n) is 14.9. The molecule has 0 aliphatic carbocycles. The van der Waals surface area contributed by atoms with E-state index in [0.29, 0.717) is 5.06 Å². The van der Waals surface area contributed by atoms with Gasteiger partial charge in [-0.1, -0.05) is 38.2 Å². The minimum Gasteiger partial charge on any atom is -0.323 e. The summed E-state index contributed by atoms with van der Waals surface area (Å²) in [7, 11) is -1.04. The summed E-state index contributed by atoms with van der Waals surface area (Å²) in [5, 5.41) is 12.5. The van der Waals surface area contributed by atoms with Gasteiger partial charge in [-0.3, -0.25) is 15.3 Å². The molecule has 0 saturated heterocycles. The third-order valence-corrected chi connectivity index (χ3v) is 4.83. The number of carbonyl (C=O) groups is 1. The third kappa shape index (κ3) is 12.8. The van der Waals surface area contributed by atoms with Crippen LogP contribution >= 0.6 is 7.14 Å². The molecule has 0 aromatic heterocycles. The summed E-state index contributed by atoms with van der Waals surface area (Å²) in [6.45, 7) is 9.39. The van der Waals surface area contributed by atoms with Crippen LogP contribution in [-0.2, 0) is 9.36 Å². The van der Waals surface area contributed by atoms with Crippen molar-refractivity contribution in [2.45, 2.75) is 45.8 Å². The predicted octanol–water partition coefficient (Wildman–Crippen LogP) is 3.70. The lowest BCUT2D eigenvalue weighted by Gasteiger charge is -2.23. The maximum Gasteiger partial charge on any atom is 0.259 e. The molecule has 0 radical (unpaired) electrons. The van der Waals surface area contributed by atoms with E-state index in [2.05, 4.69) is 11.4 Å². The van der Waals surface area contributed by atoms with E-state index in [-0.39, 0.29) is 12.3 Å². The number of nitrogens with one attached hydrogen (secondary N) is 1. The normalized spacial score (nSPS) is 13.0. The third-order valence-electron chi connectivity index (χ3n) is 2.89. The summed E-state index contributed by atoms with van der Waals surface area (Å²) >= 11 is 0. The molecule has 0 heterocycles. The lowest BCUT2D eigenvalue weighted by atomic mass is 10.2. The molecule has 0 rings (SSSR count). The standard InChI is InChI=1S/C14H27N2O3P.C2H6/c1-5-6-7-8-9-10-11-13(20(3,4)19)15-12-14(17)16(2)18;1-2/h5-8,13,15,18H,9-12H2,1-4H3;1-2H3/b6-5-,8-7-;. The molecular weight excluding hydrogens is 299 g/mol. The van der Waals surface area contributed by atoms with Gasteiger partial charge in [-0.15, -0.1) is 0 Å². The summed E-state index contributed by atoms with van der Waals surface area (Å²) in [4.78, 5) is 11.3. The van der Waals surface area contributed by atoms with Crippen LogP contribution in [0.25, 0.3) is 0 Å². The monoisotopic (exact) mass is 332 g/mol. The number of amides is 1. The first kappa shape index (κ1) is 23.4. The van der Waals surface area contributed by atoms with Gasteiger partial charge < -0.3 is 4.57 Å². The fourth-order valence-corrected chi connectivity index (χ4v) is 3.00. The number of rotatable bonds is 9. The van der Waals surface area contributed by atoms with E-state index in [9.17, 15) is 9.36 Å². The minimum atomic E-state index is -2.33. The Labute approximate surface area is 135 Å². The molecule has 0 aromatic rings. The molecule has 2 N–H and O–H groups in total. The Kier molecular flexibility index (Phi) is 14.6. The molecular formula is C16H33N2O3P. The molecule has 6 heteroatoms. The van der Waals surface area contributed by atoms with Crippen molar-refractivity contribution < 1.29 is 14.6 Å². The molecule has 0 aliphatic heterocycles. The fourth-order valence-electron chi connectivity index (χ4n) is 1.67. The molecule has 0 fully saturated rings. The molecule has 1 atom stereocenters. The average molecular weight is 332 g/mol. The summed E-state index contributed by atoms with van der Waals surface area (Å²) in [6.07, 6.45) is 10.5. The molecule has 0 spiro atoms. The van der Waals surface area contributed by atoms with Crippen LogP contribution in [0.4, 0.5) is 0 Å². The largest absolute Gasteiger partial charge is 0.323 e. The van der Waals surface area contributed by atoms with Crippen LogP contribution in [0.15, 0.2) is 24.3 Å². The van der Waals surface area contributed by atoms with Crippen molar-refractivity contribution in [3.63, 3.8) is 0 Å². The molecule has 0 aromatic carbocycles. The first-order chi connectivity index (χ1) is 10.3. The number of nitrogens with zero attached hydrogens (tertiary/aromatic N) is 1. The molecule has 0 bridgehead atoms. The lowest BCUT2D eigenvalue weighted by Crippen LogP contribution is -2.38. The van der Waals surface area contributed by atoms with Gasteiger partial charge in [-0.25, -0.2) is 5.06 Å². The molecule has 5 nitrogen and oxygen atoms in total. The summed E-state index contributed by atoms with van der Waals surface area (Å²) in [6, 6.07) is 0. The van der Waals surface area contributed by atoms with Gasteiger partial charge in [0.25, 0.3) is 5.91 Å². The topological polar surface area (TPSA) is 69.6 Å². The number of hydroxylamine groups is 2. The van der Waals surface area contributed by atoms with Gasteiger partial charge in [-0.05, 0) is 39.5 Å². The van der Waals surface area contributed by atoms with Gasteiger partial charge >= 0.3 is 0 Å². The van der Waals surface area contributed by atoms with E-state index in [1.165, 1.54) is 7.05 Å². The Morgan fingerprint density at radius 2 is 1.91 bits per heavy atom. The quantitative estimate of drug-likeness (QED) is 0.222. The van der Waals surface area contributed by atoms with Crippen LogP contribution in [0, 0.1) is 0 Å². The molecule has 130 valence electrons. The Morgan fingerprint density at radius 1 is 1.32 bits per heavy atom. The molecule has 0 saturated carbocycles. The van der Waals surface area contributed by atoms with Gasteiger partial charge in [-0.2, -0.15) is 0 Å². The number of carbonyl (C=O) groups excluding carboxylic acids is 1. The predicted molar refractivity (Wildman–Crippen MR) is 95.0 cm³/mol. The van der Waals surface area contributed by atoms with Crippen LogP contribution < -0.4 is 5.32 Å². The zero-order valence-corrected chi connectivity index (χ0v) is 15.8. The minimum absolute atomic E-state index is 0.00223. The zero-order chi connectivity index (χ0) is 17.6. The maximum atomic E-state index is 12.2. The van der Waals surface area contributed by atoms with Gasteiger partial charge in [0, 0.05) is 7.05 Å². The van der Waals surface area contributed by atoms with E-state index in [0.717, 1.165) is 19.3 Å². The highest BCUT2D eigenvalue weighted by molar-refractivity contribution is 7.63. The van der Waals surface area contributed by atoms with E-state index in [1.807, 2.05) is 39.0 Å². The van der Waals surface area contributed by atoms with Gasteiger partial charge in [0.1, 0.15) is 0 Å². The van der Waals surface area contributed by atoms with E-state index < -0.39 is 13.0 Å². The highest BCUT2D eigenvalue weighted by Crippen LogP contribution is 2.43. The second kappa shape index (κ2) is 13.7. The fraction of sp³-hybridized carbons (Fsp3) is 0.688. The maximum absolute atomic E-state index is 12.2. The van der Waals surface area contributed by atoms with Crippen LogP contribution in [0.2, 0.25) is 0 Å². The van der Waals surface area contributed by atoms with Crippen LogP contribution in [-0.4, -0.2) is 48.9 Å². The average Bonchev–Trinajstić information content (AvgIpc) is 2.46. The van der Waals surface area contributed by atoms with E-state index >= 15 is 0 Å². The number of hydrogen-bond acceptors (Lipinski definition) is 4. The van der Waals surface area contributed by atoms with Crippen molar-refractivity contribution in [3.05, 3.63) is 24.3 Å². The van der Waals surface area contributed by atoms with Gasteiger partial charge in [0.05, 0.1) is 19.5 Å². The summed E-state index contributed by atoms with van der Waals surface area (Å²) in [5.41, 5.74) is 0. The smallest absolute Gasteiger partial charge is 0.259 e. The molecule has 22 heavy (non-hydrogen) atoms. The van der Waals surface area contributed by atoms with Crippen LogP contribution in [0.3, 0.4) is 0 Å². The summed E-state index contributed by atoms with van der Waals surface area (Å²) in [5.74, 6) is -0.627. The lowest BCUT2D eigenvalue weighted by molar-refractivity contribution is -0.158. The van der Waals surface area contributed by atoms with Crippen molar-refractivity contribution in [2.75, 3.05) is 26.9 Å². The van der Waals surface area contributed by atoms with Crippen molar-refractivity contribution in [3.8, 4) is 0 Å². The molecule has 1 amide bonds. The van der Waals surface area contributed by atoms with Crippen molar-refractivity contribution >= 4 is 13.0 Å². The number of unbranched alkanes of at least 4 members (excludes halogenated alkanes) is 1. The second-order valence-electron chi connectivity index (χ2n) is 5.13. The van der Waals surface area contributed by atoms with Gasteiger partial charge in [0.15, 0.2) is 0 Å². The van der Waals surface area contributed by atoms with Gasteiger partial charge in [0.2, 0.25) is 0 Å².